The molecule has 1 aromatic carbocycles. The summed E-state index contributed by atoms with van der Waals surface area (Å²) in [6, 6.07) is 10.5. The molecule has 0 nitrogen and oxygen atoms in total. The Balaban J connectivity index is 2.34. The lowest BCUT2D eigenvalue weighted by molar-refractivity contribution is 0.518. The van der Waals surface area contributed by atoms with Crippen molar-refractivity contribution in [3.05, 3.63) is 64.8 Å². The first-order valence-electron chi connectivity index (χ1n) is 6.14. The Morgan fingerprint density at radius 1 is 0.941 bits per heavy atom. The summed E-state index contributed by atoms with van der Waals surface area (Å²) in [7, 11) is 0. The fraction of sp³-hybridized carbons (Fsp3) is 0.294. The molecule has 0 aromatic heterocycles. The molecule has 1 aliphatic rings. The molecule has 1 aliphatic carbocycles. The summed E-state index contributed by atoms with van der Waals surface area (Å²) in [4.78, 5) is 0. The Morgan fingerprint density at radius 3 is 2.12 bits per heavy atom. The van der Waals surface area contributed by atoms with Gasteiger partial charge in [-0.15, -0.1) is 0 Å². The third-order valence-corrected chi connectivity index (χ3v) is 3.13. The maximum absolute atomic E-state index is 2.31. The minimum Gasteiger partial charge on any atom is -0.0622 e. The van der Waals surface area contributed by atoms with Crippen LogP contribution in [0.3, 0.4) is 0 Å². The first-order valence-corrected chi connectivity index (χ1v) is 6.14. The molecule has 0 bridgehead atoms. The van der Waals surface area contributed by atoms with Gasteiger partial charge >= 0.3 is 0 Å². The number of allylic oxidation sites excluding steroid dienone is 5. The molecule has 0 unspecified atom stereocenters. The molecule has 0 saturated heterocycles. The summed E-state index contributed by atoms with van der Waals surface area (Å²) < 4.78 is 0. The zero-order chi connectivity index (χ0) is 12.5. The Hall–Kier alpha value is -1.56. The highest BCUT2D eigenvalue weighted by Gasteiger charge is 2.19. The smallest absolute Gasteiger partial charge is 0.0132 e. The molecule has 0 heterocycles. The summed E-state index contributed by atoms with van der Waals surface area (Å²) >= 11 is 0. The maximum atomic E-state index is 2.31. The van der Waals surface area contributed by atoms with E-state index in [1.807, 2.05) is 0 Å². The van der Waals surface area contributed by atoms with Gasteiger partial charge in [-0.2, -0.15) is 0 Å². The lowest BCUT2D eigenvalue weighted by Gasteiger charge is -2.18. The monoisotopic (exact) mass is 224 g/mol. The van der Waals surface area contributed by atoms with Crippen molar-refractivity contribution in [1.29, 1.82) is 0 Å². The van der Waals surface area contributed by atoms with E-state index in [1.54, 1.807) is 0 Å². The summed E-state index contributed by atoms with van der Waals surface area (Å²) in [5.41, 5.74) is 5.60. The largest absolute Gasteiger partial charge is 0.0622 e. The molecule has 0 radical (unpaired) electrons. The van der Waals surface area contributed by atoms with E-state index in [-0.39, 0.29) is 5.41 Å². The molecule has 0 aliphatic heterocycles. The van der Waals surface area contributed by atoms with Crippen LogP contribution in [0, 0.1) is 5.41 Å². The van der Waals surface area contributed by atoms with Crippen molar-refractivity contribution in [2.45, 2.75) is 27.7 Å². The first kappa shape index (κ1) is 11.9. The fourth-order valence-electron chi connectivity index (χ4n) is 1.96. The van der Waals surface area contributed by atoms with Crippen LogP contribution in [0.25, 0.3) is 6.08 Å². The standard InChI is InChI=1S/C17H20/c1-13-10-16(17(2,3)4)12-15(13)11-14-8-6-5-7-9-14/h5-12H,1-4H3/b15-11+. The molecule has 88 valence electrons. The van der Waals surface area contributed by atoms with E-state index in [0.717, 1.165) is 0 Å². The molecule has 17 heavy (non-hydrogen) atoms. The van der Waals surface area contributed by atoms with Crippen LogP contribution in [0.4, 0.5) is 0 Å². The quantitative estimate of drug-likeness (QED) is 0.629. The predicted octanol–water partition coefficient (Wildman–Crippen LogP) is 5.00. The number of hydrogen-bond donors (Lipinski definition) is 0. The highest BCUT2D eigenvalue weighted by Crippen LogP contribution is 2.35. The maximum Gasteiger partial charge on any atom is -0.0132 e. The average molecular weight is 224 g/mol. The van der Waals surface area contributed by atoms with Crippen LogP contribution in [-0.2, 0) is 0 Å². The van der Waals surface area contributed by atoms with Gasteiger partial charge in [0.15, 0.2) is 0 Å². The van der Waals surface area contributed by atoms with Gasteiger partial charge in [0.25, 0.3) is 0 Å². The second-order valence-corrected chi connectivity index (χ2v) is 5.69. The van der Waals surface area contributed by atoms with Gasteiger partial charge in [-0.25, -0.2) is 0 Å². The highest BCUT2D eigenvalue weighted by atomic mass is 14.2. The van der Waals surface area contributed by atoms with Crippen molar-refractivity contribution in [2.75, 3.05) is 0 Å². The third-order valence-electron chi connectivity index (χ3n) is 3.13. The summed E-state index contributed by atoms with van der Waals surface area (Å²) in [5, 5.41) is 0. The average Bonchev–Trinajstić information content (AvgIpc) is 2.62. The normalized spacial score (nSPS) is 18.2. The lowest BCUT2D eigenvalue weighted by Crippen LogP contribution is -2.05. The van der Waals surface area contributed by atoms with Crippen LogP contribution in [0.1, 0.15) is 33.3 Å². The van der Waals surface area contributed by atoms with Crippen LogP contribution in [-0.4, -0.2) is 0 Å². The Bertz CT molecular complexity index is 491. The van der Waals surface area contributed by atoms with Gasteiger partial charge < -0.3 is 0 Å². The van der Waals surface area contributed by atoms with Crippen molar-refractivity contribution >= 4 is 6.08 Å². The van der Waals surface area contributed by atoms with Crippen molar-refractivity contribution in [1.82, 2.24) is 0 Å². The zero-order valence-electron chi connectivity index (χ0n) is 11.1. The Morgan fingerprint density at radius 2 is 1.59 bits per heavy atom. The summed E-state index contributed by atoms with van der Waals surface area (Å²) in [6.07, 6.45) is 6.86. The van der Waals surface area contributed by atoms with E-state index in [2.05, 4.69) is 76.3 Å². The minimum absolute atomic E-state index is 0.230. The van der Waals surface area contributed by atoms with Crippen molar-refractivity contribution in [3.8, 4) is 0 Å². The van der Waals surface area contributed by atoms with Gasteiger partial charge in [0.2, 0.25) is 0 Å². The van der Waals surface area contributed by atoms with Gasteiger partial charge in [0.1, 0.15) is 0 Å². The van der Waals surface area contributed by atoms with Crippen LogP contribution in [0.2, 0.25) is 0 Å². The molecular weight excluding hydrogens is 204 g/mol. The predicted molar refractivity (Wildman–Crippen MR) is 75.7 cm³/mol. The van der Waals surface area contributed by atoms with Gasteiger partial charge in [-0.3, -0.25) is 0 Å². The van der Waals surface area contributed by atoms with Crippen LogP contribution >= 0.6 is 0 Å². The Labute approximate surface area is 104 Å². The lowest BCUT2D eigenvalue weighted by atomic mass is 9.87. The number of rotatable bonds is 1. The molecule has 0 atom stereocenters. The van der Waals surface area contributed by atoms with Gasteiger partial charge in [-0.05, 0) is 40.7 Å². The molecule has 1 aromatic rings. The fourth-order valence-corrected chi connectivity index (χ4v) is 1.96. The Kier molecular flexibility index (Phi) is 3.06. The third kappa shape index (κ3) is 2.76. The number of benzene rings is 1. The van der Waals surface area contributed by atoms with Gasteiger partial charge in [0.05, 0.1) is 0 Å². The van der Waals surface area contributed by atoms with Crippen molar-refractivity contribution in [3.63, 3.8) is 0 Å². The van der Waals surface area contributed by atoms with Crippen LogP contribution < -0.4 is 0 Å². The second kappa shape index (κ2) is 4.37. The number of hydrogen-bond acceptors (Lipinski definition) is 0. The zero-order valence-corrected chi connectivity index (χ0v) is 11.1. The highest BCUT2D eigenvalue weighted by molar-refractivity contribution is 5.67. The SMILES string of the molecule is CC1=CC(C(C)(C)C)=C/C1=C\c1ccccc1. The molecule has 0 N–H and O–H groups in total. The van der Waals surface area contributed by atoms with Gasteiger partial charge in [0, 0.05) is 0 Å². The van der Waals surface area contributed by atoms with Crippen molar-refractivity contribution < 1.29 is 0 Å². The molecular formula is C17H20. The summed E-state index contributed by atoms with van der Waals surface area (Å²) in [5.74, 6) is 0. The van der Waals surface area contributed by atoms with Crippen LogP contribution in [0.15, 0.2) is 59.2 Å². The minimum atomic E-state index is 0.230. The molecule has 0 saturated carbocycles. The van der Waals surface area contributed by atoms with E-state index >= 15 is 0 Å². The summed E-state index contributed by atoms with van der Waals surface area (Å²) in [6.45, 7) is 8.96. The molecule has 0 fully saturated rings. The topological polar surface area (TPSA) is 0 Å². The van der Waals surface area contributed by atoms with E-state index in [4.69, 9.17) is 0 Å². The van der Waals surface area contributed by atoms with E-state index < -0.39 is 0 Å². The molecule has 0 amide bonds. The van der Waals surface area contributed by atoms with E-state index in [0.29, 0.717) is 0 Å². The van der Waals surface area contributed by atoms with E-state index in [9.17, 15) is 0 Å². The first-order chi connectivity index (χ1) is 7.97. The van der Waals surface area contributed by atoms with Gasteiger partial charge in [-0.1, -0.05) is 63.3 Å². The van der Waals surface area contributed by atoms with E-state index in [1.165, 1.54) is 22.3 Å². The molecule has 2 rings (SSSR count). The second-order valence-electron chi connectivity index (χ2n) is 5.69. The molecule has 0 spiro atoms. The molecule has 0 heteroatoms. The van der Waals surface area contributed by atoms with Crippen LogP contribution in [0.5, 0.6) is 0 Å². The van der Waals surface area contributed by atoms with Crippen molar-refractivity contribution in [2.24, 2.45) is 5.41 Å².